The van der Waals surface area contributed by atoms with Crippen molar-refractivity contribution < 1.29 is 19.0 Å². The number of nitrogens with one attached hydrogen (secondary N) is 1. The molecule has 5 nitrogen and oxygen atoms in total. The van der Waals surface area contributed by atoms with Crippen LogP contribution in [0.2, 0.25) is 0 Å². The number of ether oxygens (including phenoxy) is 3. The zero-order chi connectivity index (χ0) is 16.0. The molecule has 0 radical (unpaired) electrons. The van der Waals surface area contributed by atoms with Crippen LogP contribution in [0.15, 0.2) is 18.2 Å². The summed E-state index contributed by atoms with van der Waals surface area (Å²) < 4.78 is 16.3. The van der Waals surface area contributed by atoms with Crippen LogP contribution in [0, 0.1) is 11.8 Å². The van der Waals surface area contributed by atoms with E-state index in [2.05, 4.69) is 17.2 Å². The molecule has 1 aromatic rings. The molecule has 0 spiro atoms. The second-order valence-corrected chi connectivity index (χ2v) is 5.87. The number of hydrogen-bond acceptors (Lipinski definition) is 4. The highest BCUT2D eigenvalue weighted by molar-refractivity contribution is 5.68. The topological polar surface area (TPSA) is 56.8 Å². The number of fused-ring (bicyclic) bond motifs is 1. The molecule has 0 fully saturated rings. The van der Waals surface area contributed by atoms with Crippen molar-refractivity contribution >= 4 is 6.09 Å². The molecule has 0 unspecified atom stereocenters. The first-order valence-electron chi connectivity index (χ1n) is 7.29. The lowest BCUT2D eigenvalue weighted by Gasteiger charge is -2.19. The summed E-state index contributed by atoms with van der Waals surface area (Å²) in [5.41, 5.74) is 0.307. The first-order chi connectivity index (χ1) is 10.4. The molecule has 1 heterocycles. The van der Waals surface area contributed by atoms with Gasteiger partial charge in [-0.05, 0) is 39.0 Å². The minimum atomic E-state index is -0.508. The Balaban J connectivity index is 1.89. The third-order valence-electron chi connectivity index (χ3n) is 2.70. The molecular weight excluding hydrogens is 282 g/mol. The Hall–Kier alpha value is -2.35. The van der Waals surface area contributed by atoms with Crippen LogP contribution in [0.1, 0.15) is 32.8 Å². The molecule has 0 aliphatic carbocycles. The van der Waals surface area contributed by atoms with Gasteiger partial charge in [0.25, 0.3) is 0 Å². The fraction of sp³-hybridized carbons (Fsp3) is 0.471. The number of benzene rings is 1. The third-order valence-corrected chi connectivity index (χ3v) is 2.70. The Morgan fingerprint density at radius 2 is 2.00 bits per heavy atom. The van der Waals surface area contributed by atoms with E-state index in [1.807, 2.05) is 39.0 Å². The van der Waals surface area contributed by atoms with Gasteiger partial charge in [-0.1, -0.05) is 11.8 Å². The maximum absolute atomic E-state index is 11.5. The summed E-state index contributed by atoms with van der Waals surface area (Å²) in [6.45, 7) is 6.98. The zero-order valence-corrected chi connectivity index (χ0v) is 13.2. The first kappa shape index (κ1) is 16.0. The minimum absolute atomic E-state index is 0.226. The van der Waals surface area contributed by atoms with Crippen molar-refractivity contribution in [1.29, 1.82) is 0 Å². The molecule has 2 rings (SSSR count). The monoisotopic (exact) mass is 303 g/mol. The highest BCUT2D eigenvalue weighted by Crippen LogP contribution is 2.30. The maximum Gasteiger partial charge on any atom is 0.408 e. The zero-order valence-electron chi connectivity index (χ0n) is 13.2. The SMILES string of the molecule is CC(C)(C)OC(=O)NCC#Cc1ccc2c(c1)OCCCO2. The summed E-state index contributed by atoms with van der Waals surface area (Å²) in [7, 11) is 0. The number of carbonyl (C=O) groups is 1. The average Bonchev–Trinajstić information content (AvgIpc) is 2.66. The molecule has 0 bridgehead atoms. The van der Waals surface area contributed by atoms with E-state index < -0.39 is 11.7 Å². The van der Waals surface area contributed by atoms with E-state index in [-0.39, 0.29) is 6.54 Å². The Labute approximate surface area is 130 Å². The number of carbonyl (C=O) groups excluding carboxylic acids is 1. The molecule has 5 heteroatoms. The summed E-state index contributed by atoms with van der Waals surface area (Å²) in [5.74, 6) is 7.32. The van der Waals surface area contributed by atoms with Gasteiger partial charge in [0.15, 0.2) is 11.5 Å². The van der Waals surface area contributed by atoms with Crippen molar-refractivity contribution in [2.45, 2.75) is 32.8 Å². The van der Waals surface area contributed by atoms with Gasteiger partial charge in [-0.2, -0.15) is 0 Å². The molecule has 1 aliphatic rings. The van der Waals surface area contributed by atoms with E-state index in [1.54, 1.807) is 0 Å². The lowest BCUT2D eigenvalue weighted by molar-refractivity contribution is 0.0535. The molecule has 0 aromatic heterocycles. The molecule has 1 amide bonds. The molecule has 0 saturated carbocycles. The molecule has 0 saturated heterocycles. The van der Waals surface area contributed by atoms with Gasteiger partial charge >= 0.3 is 6.09 Å². The van der Waals surface area contributed by atoms with Crippen molar-refractivity contribution in [3.63, 3.8) is 0 Å². The van der Waals surface area contributed by atoms with Crippen molar-refractivity contribution in [1.82, 2.24) is 5.32 Å². The van der Waals surface area contributed by atoms with Gasteiger partial charge in [-0.25, -0.2) is 4.79 Å². The van der Waals surface area contributed by atoms with E-state index in [0.717, 1.165) is 17.7 Å². The molecule has 1 aromatic carbocycles. The summed E-state index contributed by atoms with van der Waals surface area (Å²) in [6, 6.07) is 5.57. The normalized spacial score (nSPS) is 13.4. The van der Waals surface area contributed by atoms with Crippen LogP contribution in [-0.4, -0.2) is 31.5 Å². The number of amides is 1. The highest BCUT2D eigenvalue weighted by Gasteiger charge is 2.15. The predicted octanol–water partition coefficient (Wildman–Crippen LogP) is 2.72. The van der Waals surface area contributed by atoms with Gasteiger partial charge in [-0.15, -0.1) is 0 Å². The van der Waals surface area contributed by atoms with Gasteiger partial charge in [0.05, 0.1) is 19.8 Å². The van der Waals surface area contributed by atoms with E-state index in [4.69, 9.17) is 14.2 Å². The van der Waals surface area contributed by atoms with Crippen LogP contribution in [0.25, 0.3) is 0 Å². The lowest BCUT2D eigenvalue weighted by atomic mass is 10.2. The lowest BCUT2D eigenvalue weighted by Crippen LogP contribution is -2.32. The van der Waals surface area contributed by atoms with E-state index in [1.165, 1.54) is 0 Å². The van der Waals surface area contributed by atoms with E-state index in [9.17, 15) is 4.79 Å². The quantitative estimate of drug-likeness (QED) is 0.811. The smallest absolute Gasteiger partial charge is 0.408 e. The first-order valence-corrected chi connectivity index (χ1v) is 7.29. The van der Waals surface area contributed by atoms with Crippen LogP contribution in [-0.2, 0) is 4.74 Å². The Morgan fingerprint density at radius 1 is 1.27 bits per heavy atom. The number of rotatable bonds is 1. The average molecular weight is 303 g/mol. The second-order valence-electron chi connectivity index (χ2n) is 5.87. The van der Waals surface area contributed by atoms with Crippen molar-refractivity contribution in [2.75, 3.05) is 19.8 Å². The van der Waals surface area contributed by atoms with Gasteiger partial charge in [0.2, 0.25) is 0 Å². The van der Waals surface area contributed by atoms with Gasteiger partial charge < -0.3 is 19.5 Å². The fourth-order valence-corrected chi connectivity index (χ4v) is 1.82. The van der Waals surface area contributed by atoms with Gasteiger partial charge in [0, 0.05) is 12.0 Å². The largest absolute Gasteiger partial charge is 0.490 e. The molecule has 118 valence electrons. The molecular formula is C17H21NO4. The fourth-order valence-electron chi connectivity index (χ4n) is 1.82. The third kappa shape index (κ3) is 5.21. The minimum Gasteiger partial charge on any atom is -0.490 e. The van der Waals surface area contributed by atoms with Crippen LogP contribution in [0.3, 0.4) is 0 Å². The Bertz CT molecular complexity index is 593. The summed E-state index contributed by atoms with van der Waals surface area (Å²) in [5, 5.41) is 2.59. The number of alkyl carbamates (subject to hydrolysis) is 1. The summed E-state index contributed by atoms with van der Waals surface area (Å²) in [4.78, 5) is 11.5. The van der Waals surface area contributed by atoms with E-state index in [0.29, 0.717) is 19.0 Å². The standard InChI is InChI=1S/C17H21NO4/c1-17(2,3)22-16(19)18-9-4-6-13-7-8-14-15(12-13)21-11-5-10-20-14/h7-8,12H,5,9-11H2,1-3H3,(H,18,19). The Kier molecular flexibility index (Phi) is 5.16. The molecule has 0 atom stereocenters. The predicted molar refractivity (Wildman–Crippen MR) is 83.2 cm³/mol. The van der Waals surface area contributed by atoms with Crippen LogP contribution in [0.4, 0.5) is 4.79 Å². The van der Waals surface area contributed by atoms with Crippen LogP contribution >= 0.6 is 0 Å². The van der Waals surface area contributed by atoms with Gasteiger partial charge in [-0.3, -0.25) is 0 Å². The number of hydrogen-bond donors (Lipinski definition) is 1. The molecule has 1 N–H and O–H groups in total. The Morgan fingerprint density at radius 3 is 2.73 bits per heavy atom. The molecule has 1 aliphatic heterocycles. The molecule has 22 heavy (non-hydrogen) atoms. The van der Waals surface area contributed by atoms with Gasteiger partial charge in [0.1, 0.15) is 5.60 Å². The second kappa shape index (κ2) is 7.08. The van der Waals surface area contributed by atoms with E-state index >= 15 is 0 Å². The summed E-state index contributed by atoms with van der Waals surface area (Å²) >= 11 is 0. The van der Waals surface area contributed by atoms with Crippen LogP contribution < -0.4 is 14.8 Å². The van der Waals surface area contributed by atoms with Crippen molar-refractivity contribution in [2.24, 2.45) is 0 Å². The summed E-state index contributed by atoms with van der Waals surface area (Å²) in [6.07, 6.45) is 0.399. The maximum atomic E-state index is 11.5. The highest BCUT2D eigenvalue weighted by atomic mass is 16.6. The van der Waals surface area contributed by atoms with Crippen molar-refractivity contribution in [3.05, 3.63) is 23.8 Å². The van der Waals surface area contributed by atoms with Crippen molar-refractivity contribution in [3.8, 4) is 23.3 Å². The van der Waals surface area contributed by atoms with Crippen LogP contribution in [0.5, 0.6) is 11.5 Å².